The first-order valence-corrected chi connectivity index (χ1v) is 5.46. The summed E-state index contributed by atoms with van der Waals surface area (Å²) in [5.74, 6) is 0.665. The number of aromatic nitrogens is 1. The molecule has 76 valence electrons. The second kappa shape index (κ2) is 3.31. The minimum Gasteiger partial charge on any atom is -0.322 e. The molecule has 3 rings (SSSR count). The molecular formula is C13H14N2. The largest absolute Gasteiger partial charge is 0.322 e. The Kier molecular flexibility index (Phi) is 1.96. The van der Waals surface area contributed by atoms with E-state index in [-0.39, 0.29) is 6.04 Å². The van der Waals surface area contributed by atoms with Gasteiger partial charge in [0.1, 0.15) is 0 Å². The Labute approximate surface area is 89.1 Å². The molecule has 0 aliphatic heterocycles. The molecule has 15 heavy (non-hydrogen) atoms. The summed E-state index contributed by atoms with van der Waals surface area (Å²) in [6.45, 7) is 0. The normalized spacial score (nSPS) is 17.9. The number of fused-ring (bicyclic) bond motifs is 1. The van der Waals surface area contributed by atoms with Gasteiger partial charge in [-0.15, -0.1) is 0 Å². The minimum atomic E-state index is 0.134. The van der Waals surface area contributed by atoms with Crippen LogP contribution in [0.5, 0.6) is 0 Å². The van der Waals surface area contributed by atoms with Gasteiger partial charge in [0.25, 0.3) is 0 Å². The Hall–Kier alpha value is -1.41. The van der Waals surface area contributed by atoms with Gasteiger partial charge < -0.3 is 5.73 Å². The fraction of sp³-hybridized carbons (Fsp3) is 0.308. The maximum atomic E-state index is 6.13. The molecular weight excluding hydrogens is 184 g/mol. The van der Waals surface area contributed by atoms with Gasteiger partial charge in [-0.2, -0.15) is 0 Å². The molecule has 0 bridgehead atoms. The average Bonchev–Trinajstić information content (AvgIpc) is 3.11. The second-order valence-corrected chi connectivity index (χ2v) is 4.29. The number of rotatable bonds is 2. The molecule has 0 radical (unpaired) electrons. The van der Waals surface area contributed by atoms with Gasteiger partial charge in [-0.25, -0.2) is 0 Å². The summed E-state index contributed by atoms with van der Waals surface area (Å²) in [6.07, 6.45) is 2.52. The van der Waals surface area contributed by atoms with Gasteiger partial charge in [0.15, 0.2) is 0 Å². The molecule has 1 aromatic carbocycles. The topological polar surface area (TPSA) is 38.9 Å². The van der Waals surface area contributed by atoms with E-state index in [4.69, 9.17) is 5.73 Å². The highest BCUT2D eigenvalue weighted by atomic mass is 14.8. The number of benzene rings is 1. The summed E-state index contributed by atoms with van der Waals surface area (Å²) in [5.41, 5.74) is 8.21. The molecule has 1 aliphatic carbocycles. The van der Waals surface area contributed by atoms with E-state index in [1.54, 1.807) is 0 Å². The van der Waals surface area contributed by atoms with Gasteiger partial charge in [-0.05, 0) is 30.9 Å². The maximum Gasteiger partial charge on any atom is 0.0706 e. The molecule has 2 nitrogen and oxygen atoms in total. The van der Waals surface area contributed by atoms with E-state index in [1.807, 2.05) is 18.2 Å². The predicted octanol–water partition coefficient (Wildman–Crippen LogP) is 2.64. The van der Waals surface area contributed by atoms with Gasteiger partial charge >= 0.3 is 0 Å². The first-order valence-electron chi connectivity index (χ1n) is 5.46. The molecule has 1 atom stereocenters. The van der Waals surface area contributed by atoms with Crippen LogP contribution in [0.1, 0.15) is 24.6 Å². The Balaban J connectivity index is 2.05. The van der Waals surface area contributed by atoms with Crippen LogP contribution < -0.4 is 5.73 Å². The molecule has 2 heteroatoms. The van der Waals surface area contributed by atoms with Crippen molar-refractivity contribution in [3.63, 3.8) is 0 Å². The summed E-state index contributed by atoms with van der Waals surface area (Å²) in [6, 6.07) is 12.5. The van der Waals surface area contributed by atoms with Crippen molar-refractivity contribution < 1.29 is 0 Å². The lowest BCUT2D eigenvalue weighted by Gasteiger charge is -2.10. The summed E-state index contributed by atoms with van der Waals surface area (Å²) < 4.78 is 0. The molecule has 1 heterocycles. The monoisotopic (exact) mass is 198 g/mol. The third kappa shape index (κ3) is 1.61. The van der Waals surface area contributed by atoms with E-state index in [9.17, 15) is 0 Å². The van der Waals surface area contributed by atoms with Crippen LogP contribution in [0, 0.1) is 5.92 Å². The van der Waals surface area contributed by atoms with Crippen molar-refractivity contribution in [3.05, 3.63) is 42.1 Å². The lowest BCUT2D eigenvalue weighted by atomic mass is 10.1. The van der Waals surface area contributed by atoms with E-state index < -0.39 is 0 Å². The third-order valence-electron chi connectivity index (χ3n) is 3.09. The van der Waals surface area contributed by atoms with Gasteiger partial charge in [-0.1, -0.05) is 24.3 Å². The van der Waals surface area contributed by atoms with Crippen molar-refractivity contribution in [2.45, 2.75) is 18.9 Å². The number of nitrogens with two attached hydrogens (primary N) is 1. The zero-order valence-corrected chi connectivity index (χ0v) is 8.56. The van der Waals surface area contributed by atoms with Gasteiger partial charge in [0.2, 0.25) is 0 Å². The van der Waals surface area contributed by atoms with Crippen molar-refractivity contribution in [2.24, 2.45) is 11.7 Å². The Morgan fingerprint density at radius 2 is 1.93 bits per heavy atom. The lowest BCUT2D eigenvalue weighted by molar-refractivity contribution is 0.617. The van der Waals surface area contributed by atoms with Crippen LogP contribution in [0.3, 0.4) is 0 Å². The average molecular weight is 198 g/mol. The van der Waals surface area contributed by atoms with E-state index in [0.29, 0.717) is 5.92 Å². The van der Waals surface area contributed by atoms with Crippen molar-refractivity contribution in [1.29, 1.82) is 0 Å². The quantitative estimate of drug-likeness (QED) is 0.805. The van der Waals surface area contributed by atoms with Crippen LogP contribution in [0.25, 0.3) is 10.9 Å². The molecule has 1 aromatic heterocycles. The van der Waals surface area contributed by atoms with Crippen LogP contribution in [-0.2, 0) is 0 Å². The van der Waals surface area contributed by atoms with Crippen molar-refractivity contribution in [3.8, 4) is 0 Å². The smallest absolute Gasteiger partial charge is 0.0706 e. The second-order valence-electron chi connectivity index (χ2n) is 4.29. The first kappa shape index (κ1) is 8.86. The summed E-state index contributed by atoms with van der Waals surface area (Å²) >= 11 is 0. The van der Waals surface area contributed by atoms with E-state index in [2.05, 4.69) is 23.2 Å². The lowest BCUT2D eigenvalue weighted by Crippen LogP contribution is -2.13. The number of hydrogen-bond donors (Lipinski definition) is 1. The Morgan fingerprint density at radius 3 is 2.73 bits per heavy atom. The van der Waals surface area contributed by atoms with E-state index in [0.717, 1.165) is 11.2 Å². The van der Waals surface area contributed by atoms with Crippen molar-refractivity contribution in [1.82, 2.24) is 4.98 Å². The van der Waals surface area contributed by atoms with Gasteiger partial charge in [0.05, 0.1) is 11.2 Å². The fourth-order valence-electron chi connectivity index (χ4n) is 1.96. The Bertz CT molecular complexity index is 489. The molecule has 2 N–H and O–H groups in total. The molecule has 1 aliphatic rings. The SMILES string of the molecule is N[C@H](c1ccc2ccccc2n1)C1CC1. The molecule has 0 unspecified atom stereocenters. The van der Waals surface area contributed by atoms with Crippen LogP contribution >= 0.6 is 0 Å². The summed E-state index contributed by atoms with van der Waals surface area (Å²) in [4.78, 5) is 4.61. The van der Waals surface area contributed by atoms with Crippen LogP contribution in [0.15, 0.2) is 36.4 Å². The molecule has 2 aromatic rings. The maximum absolute atomic E-state index is 6.13. The van der Waals surface area contributed by atoms with E-state index in [1.165, 1.54) is 18.2 Å². The predicted molar refractivity (Wildman–Crippen MR) is 61.4 cm³/mol. The van der Waals surface area contributed by atoms with E-state index >= 15 is 0 Å². The molecule has 0 amide bonds. The summed E-state index contributed by atoms with van der Waals surface area (Å²) in [5, 5.41) is 1.18. The summed E-state index contributed by atoms with van der Waals surface area (Å²) in [7, 11) is 0. The number of para-hydroxylation sites is 1. The van der Waals surface area contributed by atoms with Crippen molar-refractivity contribution >= 4 is 10.9 Å². The number of nitrogens with zero attached hydrogens (tertiary/aromatic N) is 1. The molecule has 1 saturated carbocycles. The van der Waals surface area contributed by atoms with Crippen LogP contribution in [0.4, 0.5) is 0 Å². The van der Waals surface area contributed by atoms with Gasteiger partial charge in [-0.3, -0.25) is 4.98 Å². The van der Waals surface area contributed by atoms with Crippen molar-refractivity contribution in [2.75, 3.05) is 0 Å². The van der Waals surface area contributed by atoms with Crippen LogP contribution in [-0.4, -0.2) is 4.98 Å². The molecule has 0 saturated heterocycles. The number of pyridine rings is 1. The zero-order chi connectivity index (χ0) is 10.3. The standard InChI is InChI=1S/C13H14N2/c14-13(10-5-6-10)12-8-7-9-3-1-2-4-11(9)15-12/h1-4,7-8,10,13H,5-6,14H2/t13-/m0/s1. The number of hydrogen-bond acceptors (Lipinski definition) is 2. The van der Waals surface area contributed by atoms with Gasteiger partial charge in [0, 0.05) is 11.4 Å². The fourth-order valence-corrected chi connectivity index (χ4v) is 1.96. The minimum absolute atomic E-state index is 0.134. The third-order valence-corrected chi connectivity index (χ3v) is 3.09. The Morgan fingerprint density at radius 1 is 1.13 bits per heavy atom. The zero-order valence-electron chi connectivity index (χ0n) is 8.56. The first-order chi connectivity index (χ1) is 7.34. The highest BCUT2D eigenvalue weighted by Crippen LogP contribution is 2.38. The highest BCUT2D eigenvalue weighted by Gasteiger charge is 2.30. The molecule has 1 fully saturated rings. The highest BCUT2D eigenvalue weighted by molar-refractivity contribution is 5.78. The molecule has 0 spiro atoms. The van der Waals surface area contributed by atoms with Crippen LogP contribution in [0.2, 0.25) is 0 Å².